The summed E-state index contributed by atoms with van der Waals surface area (Å²) in [6, 6.07) is 14.2. The highest BCUT2D eigenvalue weighted by Gasteiger charge is 2.26. The van der Waals surface area contributed by atoms with E-state index in [9.17, 15) is 9.46 Å². The van der Waals surface area contributed by atoms with Crippen LogP contribution in [0.1, 0.15) is 52.7 Å². The second-order valence-electron chi connectivity index (χ2n) is 8.20. The lowest BCUT2D eigenvalue weighted by Crippen LogP contribution is -2.10. The van der Waals surface area contributed by atoms with Gasteiger partial charge in [0, 0.05) is 0 Å². The van der Waals surface area contributed by atoms with Crippen LogP contribution in [0.5, 0.6) is 11.5 Å². The van der Waals surface area contributed by atoms with Crippen LogP contribution in [0.2, 0.25) is 0 Å². The number of hydrogen-bond donors (Lipinski definition) is 1. The second-order valence-corrected chi connectivity index (χ2v) is 9.50. The molecule has 0 aliphatic carbocycles. The standard InChI is InChI=1S/C20H27O4P.Al.3H/c1-19(2,3)15-7-11-17(12-8-15)23-25(21,22)24-18-13-9-16(10-14-18)20(4,5)6;;;;/h7-14H,1-6H3,(H,21,22);;;;. The van der Waals surface area contributed by atoms with Gasteiger partial charge in [-0.15, -0.1) is 0 Å². The molecule has 1 N–H and O–H groups in total. The van der Waals surface area contributed by atoms with Gasteiger partial charge in [-0.3, -0.25) is 4.89 Å². The van der Waals surface area contributed by atoms with Crippen molar-refractivity contribution in [3.8, 4) is 11.5 Å². The van der Waals surface area contributed by atoms with Gasteiger partial charge in [-0.05, 0) is 46.2 Å². The largest absolute Gasteiger partial charge is 0.584 e. The molecule has 0 spiro atoms. The molecular weight excluding hydrogens is 362 g/mol. The zero-order chi connectivity index (χ0) is 18.9. The average molecular weight is 392 g/mol. The smallest absolute Gasteiger partial charge is 0.395 e. The third kappa shape index (κ3) is 6.49. The van der Waals surface area contributed by atoms with Gasteiger partial charge in [-0.1, -0.05) is 65.8 Å². The Balaban J connectivity index is 0.00000338. The first-order chi connectivity index (χ1) is 11.4. The van der Waals surface area contributed by atoms with Crippen molar-refractivity contribution >= 4 is 25.2 Å². The van der Waals surface area contributed by atoms with E-state index in [1.165, 1.54) is 0 Å². The van der Waals surface area contributed by atoms with Gasteiger partial charge in [0.1, 0.15) is 11.5 Å². The SMILES string of the molecule is CC(C)(C)c1ccc(OP(=O)(O)Oc2ccc(C(C)(C)C)cc2)cc1.[AlH3]. The topological polar surface area (TPSA) is 55.8 Å². The Hall–Kier alpha value is -1.24. The molecule has 0 aliphatic rings. The minimum absolute atomic E-state index is 0. The van der Waals surface area contributed by atoms with E-state index < -0.39 is 7.82 Å². The molecule has 26 heavy (non-hydrogen) atoms. The number of phosphoric ester groups is 1. The van der Waals surface area contributed by atoms with Crippen LogP contribution < -0.4 is 9.05 Å². The fourth-order valence-electron chi connectivity index (χ4n) is 2.32. The molecule has 0 saturated heterocycles. The molecule has 0 heterocycles. The number of rotatable bonds is 4. The van der Waals surface area contributed by atoms with Crippen molar-refractivity contribution in [3.05, 3.63) is 59.7 Å². The molecule has 2 aromatic rings. The van der Waals surface area contributed by atoms with E-state index in [0.29, 0.717) is 11.5 Å². The van der Waals surface area contributed by atoms with Crippen LogP contribution >= 0.6 is 7.82 Å². The molecule has 6 heteroatoms. The van der Waals surface area contributed by atoms with Crippen molar-refractivity contribution < 1.29 is 18.5 Å². The van der Waals surface area contributed by atoms with Gasteiger partial charge < -0.3 is 9.05 Å². The van der Waals surface area contributed by atoms with Crippen molar-refractivity contribution in [1.82, 2.24) is 0 Å². The maximum atomic E-state index is 12.2. The van der Waals surface area contributed by atoms with Crippen LogP contribution in [0.4, 0.5) is 0 Å². The van der Waals surface area contributed by atoms with Gasteiger partial charge in [0.15, 0.2) is 17.4 Å². The summed E-state index contributed by atoms with van der Waals surface area (Å²) in [7, 11) is -4.25. The van der Waals surface area contributed by atoms with Gasteiger partial charge in [0.25, 0.3) is 0 Å². The Labute approximate surface area is 167 Å². The molecule has 0 amide bonds. The minimum atomic E-state index is -4.25. The lowest BCUT2D eigenvalue weighted by Gasteiger charge is -2.20. The summed E-state index contributed by atoms with van der Waals surface area (Å²) in [5.41, 5.74) is 2.25. The van der Waals surface area contributed by atoms with Crippen molar-refractivity contribution in [3.63, 3.8) is 0 Å². The summed E-state index contributed by atoms with van der Waals surface area (Å²) in [6.07, 6.45) is 0. The lowest BCUT2D eigenvalue weighted by atomic mass is 9.87. The first-order valence-corrected chi connectivity index (χ1v) is 9.79. The highest BCUT2D eigenvalue weighted by atomic mass is 31.2. The summed E-state index contributed by atoms with van der Waals surface area (Å²) in [5, 5.41) is 0. The summed E-state index contributed by atoms with van der Waals surface area (Å²) in [5.74, 6) is 0.593. The van der Waals surface area contributed by atoms with E-state index >= 15 is 0 Å². The third-order valence-corrected chi connectivity index (χ3v) is 4.77. The van der Waals surface area contributed by atoms with E-state index in [-0.39, 0.29) is 28.2 Å². The van der Waals surface area contributed by atoms with E-state index in [1.54, 1.807) is 24.3 Å². The molecular formula is C20H30AlO4P. The van der Waals surface area contributed by atoms with Gasteiger partial charge in [0.05, 0.1) is 0 Å². The summed E-state index contributed by atoms with van der Waals surface area (Å²) in [6.45, 7) is 12.6. The van der Waals surface area contributed by atoms with Gasteiger partial charge in [0.2, 0.25) is 0 Å². The van der Waals surface area contributed by atoms with Crippen LogP contribution in [0.3, 0.4) is 0 Å². The van der Waals surface area contributed by atoms with Crippen LogP contribution in [0.15, 0.2) is 48.5 Å². The van der Waals surface area contributed by atoms with Crippen LogP contribution in [-0.4, -0.2) is 22.3 Å². The van der Waals surface area contributed by atoms with Crippen molar-refractivity contribution in [1.29, 1.82) is 0 Å². The molecule has 0 unspecified atom stereocenters. The van der Waals surface area contributed by atoms with Crippen molar-refractivity contribution in [2.45, 2.75) is 52.4 Å². The Morgan fingerprint density at radius 3 is 1.19 bits per heavy atom. The fraction of sp³-hybridized carbons (Fsp3) is 0.400. The summed E-state index contributed by atoms with van der Waals surface area (Å²) >= 11 is 0. The predicted octanol–water partition coefficient (Wildman–Crippen LogP) is 4.66. The van der Waals surface area contributed by atoms with Crippen molar-refractivity contribution in [2.24, 2.45) is 0 Å². The summed E-state index contributed by atoms with van der Waals surface area (Å²) < 4.78 is 22.5. The van der Waals surface area contributed by atoms with Crippen LogP contribution in [0, 0.1) is 0 Å². The molecule has 0 aromatic heterocycles. The van der Waals surface area contributed by atoms with Crippen molar-refractivity contribution in [2.75, 3.05) is 0 Å². The molecule has 0 fully saturated rings. The van der Waals surface area contributed by atoms with Gasteiger partial charge in [-0.2, -0.15) is 0 Å². The lowest BCUT2D eigenvalue weighted by molar-refractivity contribution is 0.291. The zero-order valence-corrected chi connectivity index (χ0v) is 16.6. The molecule has 0 bridgehead atoms. The monoisotopic (exact) mass is 392 g/mol. The number of benzene rings is 2. The molecule has 2 rings (SSSR count). The van der Waals surface area contributed by atoms with Crippen LogP contribution in [-0.2, 0) is 15.4 Å². The quantitative estimate of drug-likeness (QED) is 0.608. The van der Waals surface area contributed by atoms with E-state index in [1.807, 2.05) is 24.3 Å². The van der Waals surface area contributed by atoms with Gasteiger partial charge >= 0.3 is 7.82 Å². The molecule has 2 aromatic carbocycles. The maximum Gasteiger partial charge on any atom is 0.584 e. The first kappa shape index (κ1) is 22.8. The molecule has 0 saturated carbocycles. The first-order valence-electron chi connectivity index (χ1n) is 8.30. The molecule has 142 valence electrons. The zero-order valence-electron chi connectivity index (χ0n) is 15.7. The molecule has 4 nitrogen and oxygen atoms in total. The Kier molecular flexibility index (Phi) is 7.19. The highest BCUT2D eigenvalue weighted by Crippen LogP contribution is 2.44. The van der Waals surface area contributed by atoms with Crippen LogP contribution in [0.25, 0.3) is 0 Å². The molecule has 0 atom stereocenters. The Morgan fingerprint density at radius 1 is 0.692 bits per heavy atom. The molecule has 0 aliphatic heterocycles. The Morgan fingerprint density at radius 2 is 0.962 bits per heavy atom. The van der Waals surface area contributed by atoms with E-state index in [0.717, 1.165) is 11.1 Å². The Bertz CT molecular complexity index is 693. The van der Waals surface area contributed by atoms with Gasteiger partial charge in [-0.25, -0.2) is 4.57 Å². The average Bonchev–Trinajstić information content (AvgIpc) is 2.45. The molecule has 0 radical (unpaired) electrons. The third-order valence-electron chi connectivity index (χ3n) is 3.88. The summed E-state index contributed by atoms with van der Waals surface area (Å²) in [4.78, 5) is 9.99. The maximum absolute atomic E-state index is 12.2. The minimum Gasteiger partial charge on any atom is -0.395 e. The normalized spacial score (nSPS) is 12.3. The van der Waals surface area contributed by atoms with E-state index in [4.69, 9.17) is 9.05 Å². The number of phosphoric acid groups is 1. The predicted molar refractivity (Wildman–Crippen MR) is 111 cm³/mol. The fourth-order valence-corrected chi connectivity index (χ4v) is 3.13. The highest BCUT2D eigenvalue weighted by molar-refractivity contribution is 7.48. The van der Waals surface area contributed by atoms with E-state index in [2.05, 4.69) is 41.5 Å². The second kappa shape index (κ2) is 8.19. The number of hydrogen-bond acceptors (Lipinski definition) is 3.